The molecule has 0 aliphatic carbocycles. The topological polar surface area (TPSA) is 172 Å². The highest BCUT2D eigenvalue weighted by Gasteiger charge is 2.41. The SMILES string of the molecule is CCn1c(-c2cccnc2[C@H](C)OC)c2c3cc(ccc31)-c1csc(n1)C[C@H](NC(=O)[C@H](C(C)C)N(C)C(=O)C1CCN(C(=O)/C=C/CN(C)C)C[C@@H]1C)C(=O)N1CCC[C@H](N1)C(=O)OCC(C)(C)C2. The third-order valence-corrected chi connectivity index (χ3v) is 15.0. The number of likely N-dealkylation sites (N-methyl/N-ethyl adjacent to an activating group) is 2. The van der Waals surface area contributed by atoms with Gasteiger partial charge in [-0.2, -0.15) is 0 Å². The molecular formula is C53H73N9O7S. The zero-order chi connectivity index (χ0) is 50.6. The van der Waals surface area contributed by atoms with E-state index in [-0.39, 0.29) is 42.8 Å². The van der Waals surface area contributed by atoms with Crippen LogP contribution in [0.1, 0.15) is 90.1 Å². The largest absolute Gasteiger partial charge is 0.464 e. The van der Waals surface area contributed by atoms with Crippen LogP contribution in [0.3, 0.4) is 0 Å². The fraction of sp³-hybridized carbons (Fsp3) is 0.566. The van der Waals surface area contributed by atoms with Gasteiger partial charge < -0.3 is 34.1 Å². The van der Waals surface area contributed by atoms with E-state index in [1.807, 2.05) is 64.2 Å². The fourth-order valence-electron chi connectivity index (χ4n) is 10.3. The summed E-state index contributed by atoms with van der Waals surface area (Å²) in [5.41, 5.74) is 9.29. The molecule has 2 fully saturated rings. The first-order valence-electron chi connectivity index (χ1n) is 24.8. The first-order valence-corrected chi connectivity index (χ1v) is 25.7. The van der Waals surface area contributed by atoms with Crippen LogP contribution in [0, 0.1) is 23.2 Å². The minimum Gasteiger partial charge on any atom is -0.464 e. The summed E-state index contributed by atoms with van der Waals surface area (Å²) in [6.07, 6.45) is 7.10. The highest BCUT2D eigenvalue weighted by atomic mass is 32.1. The number of carbonyl (C=O) groups is 5. The Hall–Kier alpha value is -5.49. The maximum Gasteiger partial charge on any atom is 0.324 e. The minimum absolute atomic E-state index is 0.0796. The van der Waals surface area contributed by atoms with Crippen LogP contribution in [-0.2, 0) is 52.8 Å². The van der Waals surface area contributed by atoms with E-state index in [1.54, 1.807) is 31.3 Å². The Morgan fingerprint density at radius 2 is 1.87 bits per heavy atom. The number of pyridine rings is 1. The molecule has 0 radical (unpaired) electrons. The van der Waals surface area contributed by atoms with Crippen molar-refractivity contribution in [2.45, 2.75) is 111 Å². The molecule has 4 aromatic rings. The first kappa shape index (κ1) is 52.3. The van der Waals surface area contributed by atoms with Crippen LogP contribution < -0.4 is 10.7 Å². The van der Waals surface area contributed by atoms with Gasteiger partial charge in [-0.25, -0.2) is 10.4 Å². The van der Waals surface area contributed by atoms with E-state index in [0.717, 1.165) is 44.7 Å². The number of carbonyl (C=O) groups excluding carboxylic acids is 5. The number of fused-ring (bicyclic) bond motifs is 6. The number of aromatic nitrogens is 3. The maximum absolute atomic E-state index is 14.7. The number of thiazole rings is 1. The summed E-state index contributed by atoms with van der Waals surface area (Å²) in [6, 6.07) is 7.66. The molecule has 2 saturated heterocycles. The number of benzene rings is 1. The number of nitrogens with zero attached hydrogens (tertiary/aromatic N) is 7. The van der Waals surface area contributed by atoms with Crippen molar-refractivity contribution in [3.63, 3.8) is 0 Å². The molecule has 6 bridgehead atoms. The molecule has 3 aromatic heterocycles. The van der Waals surface area contributed by atoms with Crippen molar-refractivity contribution in [1.82, 2.24) is 45.0 Å². The maximum atomic E-state index is 14.7. The Bertz CT molecular complexity index is 2580. The molecule has 70 heavy (non-hydrogen) atoms. The van der Waals surface area contributed by atoms with E-state index < -0.39 is 47.2 Å². The Labute approximate surface area is 417 Å². The lowest BCUT2D eigenvalue weighted by atomic mass is 9.84. The second kappa shape index (κ2) is 22.3. The number of amides is 4. The zero-order valence-electron chi connectivity index (χ0n) is 42.9. The summed E-state index contributed by atoms with van der Waals surface area (Å²) in [5.74, 6) is -2.42. The average molecular weight is 980 g/mol. The summed E-state index contributed by atoms with van der Waals surface area (Å²) in [7, 11) is 7.22. The molecule has 0 spiro atoms. The van der Waals surface area contributed by atoms with Crippen LogP contribution in [0.5, 0.6) is 0 Å². The van der Waals surface area contributed by atoms with E-state index in [4.69, 9.17) is 19.4 Å². The molecule has 3 aliphatic rings. The molecule has 1 aromatic carbocycles. The number of likely N-dealkylation sites (tertiary alicyclic amines) is 1. The van der Waals surface area contributed by atoms with Gasteiger partial charge >= 0.3 is 5.97 Å². The molecule has 378 valence electrons. The molecule has 6 atom stereocenters. The lowest BCUT2D eigenvalue weighted by Crippen LogP contribution is -2.62. The van der Waals surface area contributed by atoms with E-state index in [9.17, 15) is 24.0 Å². The fourth-order valence-corrected chi connectivity index (χ4v) is 11.2. The predicted molar refractivity (Wildman–Crippen MR) is 272 cm³/mol. The average Bonchev–Trinajstić information content (AvgIpc) is 3.93. The molecule has 6 heterocycles. The Kier molecular flexibility index (Phi) is 16.7. The monoisotopic (exact) mass is 980 g/mol. The number of hydrogen-bond donors (Lipinski definition) is 2. The number of hydrogen-bond acceptors (Lipinski definition) is 12. The third-order valence-electron chi connectivity index (χ3n) is 14.1. The summed E-state index contributed by atoms with van der Waals surface area (Å²) in [6.45, 7) is 16.7. The number of hydrazine groups is 1. The first-order chi connectivity index (χ1) is 33.3. The molecule has 0 saturated carbocycles. The second-order valence-corrected chi connectivity index (χ2v) is 21.7. The standard InChI is InChI=1S/C53H73N9O7S/c1-12-61-43-20-19-35-26-38(43)39(48(61)37-16-13-22-54-46(37)34(5)68-11)28-53(6,7)31-69-52(67)40-17-14-24-62(57-40)51(66)41(27-44-55-42(35)30-70-44)56-49(64)47(32(2)3)59(10)50(65)36-21-25-60(29-33(36)4)45(63)18-15-23-58(8)9/h13,15-16,18-20,22,26,30,32-34,36,40-41,47,57H,12,14,17,21,23-25,27-29,31H2,1-11H3,(H,56,64)/b18-15+/t33-,34-,36?,40-,41-,47-/m0/s1. The number of nitrogens with one attached hydrogen (secondary N) is 2. The van der Waals surface area contributed by atoms with Crippen molar-refractivity contribution in [1.29, 1.82) is 0 Å². The molecular weight excluding hydrogens is 907 g/mol. The number of aryl methyl sites for hydroxylation is 1. The highest BCUT2D eigenvalue weighted by Crippen LogP contribution is 2.42. The van der Waals surface area contributed by atoms with Gasteiger partial charge in [-0.3, -0.25) is 34.0 Å². The second-order valence-electron chi connectivity index (χ2n) is 20.7. The van der Waals surface area contributed by atoms with Gasteiger partial charge in [-0.1, -0.05) is 46.8 Å². The van der Waals surface area contributed by atoms with Gasteiger partial charge in [-0.15, -0.1) is 11.3 Å². The number of methoxy groups -OCH3 is 1. The van der Waals surface area contributed by atoms with Gasteiger partial charge in [-0.05, 0) is 95.3 Å². The molecule has 7 rings (SSSR count). The Balaban J connectivity index is 1.21. The van der Waals surface area contributed by atoms with E-state index in [1.165, 1.54) is 21.2 Å². The quantitative estimate of drug-likeness (QED) is 0.121. The molecule has 2 N–H and O–H groups in total. The van der Waals surface area contributed by atoms with Gasteiger partial charge in [0.05, 0.1) is 34.8 Å². The number of ether oxygens (including phenoxy) is 2. The van der Waals surface area contributed by atoms with Crippen molar-refractivity contribution < 1.29 is 33.4 Å². The number of rotatable bonds is 12. The number of piperidine rings is 1. The summed E-state index contributed by atoms with van der Waals surface area (Å²) in [5, 5.41) is 8.17. The smallest absolute Gasteiger partial charge is 0.324 e. The van der Waals surface area contributed by atoms with Crippen LogP contribution in [0.15, 0.2) is 54.1 Å². The molecule has 16 nitrogen and oxygen atoms in total. The molecule has 1 unspecified atom stereocenters. The van der Waals surface area contributed by atoms with Gasteiger partial charge in [0, 0.05) is 104 Å². The van der Waals surface area contributed by atoms with Gasteiger partial charge in [0.2, 0.25) is 17.7 Å². The van der Waals surface area contributed by atoms with Gasteiger partial charge in [0.1, 0.15) is 18.1 Å². The predicted octanol–water partition coefficient (Wildman–Crippen LogP) is 6.29. The number of cyclic esters (lactones) is 1. The van der Waals surface area contributed by atoms with Crippen molar-refractivity contribution in [3.05, 3.63) is 70.3 Å². The van der Waals surface area contributed by atoms with Crippen LogP contribution in [0.4, 0.5) is 0 Å². The van der Waals surface area contributed by atoms with Crippen molar-refractivity contribution >= 4 is 51.8 Å². The third kappa shape index (κ3) is 11.5. The summed E-state index contributed by atoms with van der Waals surface area (Å²) >= 11 is 1.41. The van der Waals surface area contributed by atoms with Gasteiger partial charge in [0.15, 0.2) is 0 Å². The summed E-state index contributed by atoms with van der Waals surface area (Å²) < 4.78 is 14.3. The van der Waals surface area contributed by atoms with Crippen LogP contribution in [-0.4, -0.2) is 143 Å². The molecule has 3 aliphatic heterocycles. The zero-order valence-corrected chi connectivity index (χ0v) is 43.7. The van der Waals surface area contributed by atoms with E-state index in [2.05, 4.69) is 60.3 Å². The molecule has 17 heteroatoms. The lowest BCUT2D eigenvalue weighted by Gasteiger charge is -2.40. The van der Waals surface area contributed by atoms with Crippen molar-refractivity contribution in [2.24, 2.45) is 23.2 Å². The van der Waals surface area contributed by atoms with Crippen molar-refractivity contribution in [3.8, 4) is 22.5 Å². The normalized spacial score (nSPS) is 22.0. The van der Waals surface area contributed by atoms with Gasteiger partial charge in [0.25, 0.3) is 5.91 Å². The van der Waals surface area contributed by atoms with Crippen molar-refractivity contribution in [2.75, 3.05) is 61.0 Å². The Morgan fingerprint density at radius 3 is 2.57 bits per heavy atom. The van der Waals surface area contributed by atoms with E-state index in [0.29, 0.717) is 63.4 Å². The highest BCUT2D eigenvalue weighted by molar-refractivity contribution is 7.10. The van der Waals surface area contributed by atoms with Crippen LogP contribution in [0.2, 0.25) is 0 Å². The minimum atomic E-state index is -1.08. The Morgan fingerprint density at radius 1 is 1.10 bits per heavy atom. The van der Waals surface area contributed by atoms with Crippen LogP contribution >= 0.6 is 11.3 Å². The summed E-state index contributed by atoms with van der Waals surface area (Å²) in [4.78, 5) is 85.8. The van der Waals surface area contributed by atoms with Crippen LogP contribution in [0.25, 0.3) is 33.4 Å². The lowest BCUT2D eigenvalue weighted by molar-refractivity contribution is -0.155. The number of esters is 1. The molecule has 4 amide bonds. The van der Waals surface area contributed by atoms with E-state index >= 15 is 0 Å².